The minimum Gasteiger partial charge on any atom is -0.494 e. The van der Waals surface area contributed by atoms with Crippen molar-refractivity contribution in [1.82, 2.24) is 58.9 Å². The van der Waals surface area contributed by atoms with Gasteiger partial charge in [-0.25, -0.2) is 32.6 Å². The number of nitrogens with zero attached hydrogens (tertiary/aromatic N) is 8. The summed E-state index contributed by atoms with van der Waals surface area (Å²) in [6.07, 6.45) is 11.9. The van der Waals surface area contributed by atoms with E-state index < -0.39 is 28.3 Å². The Labute approximate surface area is 840 Å². The molecule has 14 aromatic rings. The molecule has 5 atom stereocenters. The third-order valence-electron chi connectivity index (χ3n) is 26.1. The summed E-state index contributed by atoms with van der Waals surface area (Å²) in [6, 6.07) is 59.4. The van der Waals surface area contributed by atoms with Crippen LogP contribution < -0.4 is 23.7 Å². The minimum absolute atomic E-state index is 0.0251. The van der Waals surface area contributed by atoms with E-state index in [4.69, 9.17) is 91.2 Å². The lowest BCUT2D eigenvalue weighted by Crippen LogP contribution is -2.42. The van der Waals surface area contributed by atoms with Gasteiger partial charge >= 0.3 is 24.4 Å². The number of hydrogen-bond acceptors (Lipinski definition) is 17. The molecular formula is C107H118Cl5N13O14S. The number of aliphatic hydroxyl groups excluding tert-OH is 1. The molecule has 5 aliphatic heterocycles. The number of carbonyl (C=O) groups excluding carboxylic acids is 4. The fourth-order valence-corrected chi connectivity index (χ4v) is 20.7. The molecule has 0 aliphatic carbocycles. The molecule has 33 heteroatoms. The zero-order valence-corrected chi connectivity index (χ0v) is 83.9. The third-order valence-corrected chi connectivity index (χ3v) is 28.6. The summed E-state index contributed by atoms with van der Waals surface area (Å²) in [4.78, 5) is 82.0. The largest absolute Gasteiger partial charge is 0.494 e. The molecule has 9 aromatic carbocycles. The van der Waals surface area contributed by atoms with Gasteiger partial charge in [0.05, 0.1) is 51.7 Å². The summed E-state index contributed by atoms with van der Waals surface area (Å²) >= 11 is 31.1. The van der Waals surface area contributed by atoms with Gasteiger partial charge in [-0.3, -0.25) is 24.3 Å². The van der Waals surface area contributed by atoms with E-state index in [2.05, 4.69) is 65.4 Å². The second-order valence-electron chi connectivity index (χ2n) is 35.0. The van der Waals surface area contributed by atoms with Crippen LogP contribution >= 0.6 is 58.0 Å². The van der Waals surface area contributed by atoms with Crippen molar-refractivity contribution in [1.29, 1.82) is 0 Å². The second kappa shape index (κ2) is 47.0. The van der Waals surface area contributed by atoms with Crippen LogP contribution in [0.2, 0.25) is 25.1 Å². The maximum atomic E-state index is 13.4. The number of amides is 4. The molecule has 0 bridgehead atoms. The van der Waals surface area contributed by atoms with E-state index in [0.717, 1.165) is 163 Å². The number of sulfonamides is 1. The van der Waals surface area contributed by atoms with E-state index in [0.29, 0.717) is 121 Å². The van der Waals surface area contributed by atoms with Crippen molar-refractivity contribution in [3.63, 3.8) is 0 Å². The smallest absolute Gasteiger partial charge is 0.416 e. The molecule has 0 radical (unpaired) electrons. The number of ether oxygens (including phenoxy) is 7. The van der Waals surface area contributed by atoms with Crippen LogP contribution in [-0.2, 0) is 56.5 Å². The van der Waals surface area contributed by atoms with Gasteiger partial charge in [0.15, 0.2) is 0 Å². The van der Waals surface area contributed by atoms with E-state index in [1.165, 1.54) is 43.5 Å². The Balaban J connectivity index is 0.000000135. The lowest BCUT2D eigenvalue weighted by atomic mass is 9.92. The standard InChI is InChI=1S/C28H34ClN3O3.C27H34ClN3O3.C26H23Cl2N3O4S.C26H27ClN4O4/c1-2-34-28(33)32-17-13-23-24-19-21(29)9-12-25(24)30-26(23)27(32)20-7-10-22(11-8-20)35-18-6-16-31-14-4-3-5-15-31;1-4-30(5-2)15-7-17-34-21-11-8-19(9-12-21)26-25-22(14-16-31(26)27(32)33-6-3)23-18-20(28)10-13-24(23)29-25;1-2-36(33,34)30-19-8-3-16(4-9-19)25-24-21(22-15-18(28)7-12-23(22)29-24)13-14-31(25)26(32)35-20-10-5-17(27)6-11-20;1-2-34-26(33)31-11-9-21-22-13-18(27)5-8-23(22)29-24(21)25(31)17-3-6-20(7-4-17)35-15-19(32)14-30-12-10-28-16-30/h7-12,19,27,30H,2-6,13-18H2,1H3;8-13,18,26,29H,4-7,14-17H2,1-3H3;3-12,15,25,29-30H,2,13-14H2,1H3;3-8,10,12-13,16,19,25,29,32H,2,9,11,14-15H2,1H3. The molecular weight excluding hydrogens is 1900 g/mol. The molecule has 5 aliphatic rings. The Hall–Kier alpha value is -12.1. The monoisotopic (exact) mass is 2020 g/mol. The first-order chi connectivity index (χ1) is 68.0. The molecule has 4 amide bonds. The summed E-state index contributed by atoms with van der Waals surface area (Å²) in [5, 5.41) is 17.9. The van der Waals surface area contributed by atoms with Gasteiger partial charge in [0.2, 0.25) is 10.0 Å². The molecule has 27 nitrogen and oxygen atoms in total. The van der Waals surface area contributed by atoms with Crippen molar-refractivity contribution in [2.45, 2.75) is 136 Å². The maximum Gasteiger partial charge on any atom is 0.416 e. The lowest BCUT2D eigenvalue weighted by Gasteiger charge is -2.35. The SMILES string of the molecule is CCOC(=O)N1CCc2c([nH]c3ccc(Cl)cc23)C1c1ccc(OCC(O)Cn2ccnc2)cc1.CCOC(=O)N1CCc2c([nH]c3ccc(Cl)cc23)C1c1ccc(OCCCN(CC)CC)cc1.CCOC(=O)N1CCc2c([nH]c3ccc(Cl)cc23)C1c1ccc(OCCCN2CCCCC2)cc1.CCS(=O)(=O)Nc1ccc(C2c3[nH]c4ccc(Cl)cc4c3CCN2C(=O)Oc2ccc(Cl)cc2)cc1. The molecule has 736 valence electrons. The van der Waals surface area contributed by atoms with Gasteiger partial charge in [0.25, 0.3) is 0 Å². The highest BCUT2D eigenvalue weighted by Gasteiger charge is 2.41. The molecule has 140 heavy (non-hydrogen) atoms. The van der Waals surface area contributed by atoms with Gasteiger partial charge in [-0.2, -0.15) is 0 Å². The predicted molar refractivity (Wildman–Crippen MR) is 552 cm³/mol. The van der Waals surface area contributed by atoms with E-state index in [1.807, 2.05) is 169 Å². The number of likely N-dealkylation sites (tertiary alicyclic amines) is 1. The molecule has 1 fully saturated rings. The van der Waals surface area contributed by atoms with Crippen molar-refractivity contribution >= 4 is 142 Å². The molecule has 5 aromatic heterocycles. The zero-order valence-electron chi connectivity index (χ0n) is 79.3. The number of aromatic nitrogens is 6. The Morgan fingerprint density at radius 1 is 0.443 bits per heavy atom. The van der Waals surface area contributed by atoms with Gasteiger partial charge in [-0.15, -0.1) is 0 Å². The minimum atomic E-state index is -3.40. The van der Waals surface area contributed by atoms with E-state index in [1.54, 1.807) is 83.3 Å². The predicted octanol–water partition coefficient (Wildman–Crippen LogP) is 23.2. The average Bonchev–Trinajstić information content (AvgIpc) is 1.61. The normalized spacial score (nSPS) is 16.4. The number of benzene rings is 9. The first-order valence-corrected chi connectivity index (χ1v) is 51.6. The molecule has 5 unspecified atom stereocenters. The average molecular weight is 2020 g/mol. The molecule has 6 N–H and O–H groups in total. The van der Waals surface area contributed by atoms with Gasteiger partial charge < -0.3 is 72.6 Å². The summed E-state index contributed by atoms with van der Waals surface area (Å²) < 4.78 is 67.9. The fourth-order valence-electron chi connectivity index (χ4n) is 19.3. The van der Waals surface area contributed by atoms with Gasteiger partial charge in [0, 0.05) is 149 Å². The van der Waals surface area contributed by atoms with Gasteiger partial charge in [0.1, 0.15) is 59.9 Å². The highest BCUT2D eigenvalue weighted by Crippen LogP contribution is 2.46. The Morgan fingerprint density at radius 3 is 1.16 bits per heavy atom. The van der Waals surface area contributed by atoms with Crippen molar-refractivity contribution in [3.8, 4) is 23.0 Å². The van der Waals surface area contributed by atoms with Crippen LogP contribution in [0.15, 0.2) is 213 Å². The van der Waals surface area contributed by atoms with Gasteiger partial charge in [-0.05, 0) is 295 Å². The van der Waals surface area contributed by atoms with E-state index in [-0.39, 0.29) is 48.8 Å². The topological polar surface area (TPSA) is 300 Å². The van der Waals surface area contributed by atoms with Crippen LogP contribution in [0.25, 0.3) is 43.6 Å². The molecule has 19 rings (SSSR count). The number of H-pyrrole nitrogens is 4. The summed E-state index contributed by atoms with van der Waals surface area (Å²) in [5.41, 5.74) is 16.8. The quantitative estimate of drug-likeness (QED) is 0.0196. The van der Waals surface area contributed by atoms with Crippen molar-refractivity contribution < 1.29 is 65.9 Å². The van der Waals surface area contributed by atoms with Crippen molar-refractivity contribution in [3.05, 3.63) is 305 Å². The first-order valence-electron chi connectivity index (χ1n) is 48.1. The number of piperidine rings is 1. The lowest BCUT2D eigenvalue weighted by molar-refractivity contribution is 0.0915. The molecule has 10 heterocycles. The first kappa shape index (κ1) is 101. The fraction of sp³-hybridized carbons (Fsp3) is 0.355. The Kier molecular flexibility index (Phi) is 33.9. The number of nitrogens with one attached hydrogen (secondary N) is 5. The van der Waals surface area contributed by atoms with Gasteiger partial charge in [-0.1, -0.05) is 127 Å². The number of aliphatic hydroxyl groups is 1. The number of carbonyl (C=O) groups is 4. The van der Waals surface area contributed by atoms with Crippen molar-refractivity contribution in [2.75, 3.05) is 116 Å². The number of fused-ring (bicyclic) bond motifs is 12. The Morgan fingerprint density at radius 2 is 0.800 bits per heavy atom. The molecule has 1 saturated heterocycles. The highest BCUT2D eigenvalue weighted by atomic mass is 35.5. The Bertz CT molecular complexity index is 6690. The summed E-state index contributed by atoms with van der Waals surface area (Å²) in [5.74, 6) is 2.70. The summed E-state index contributed by atoms with van der Waals surface area (Å²) in [7, 11) is -3.40. The number of halogens is 5. The third kappa shape index (κ3) is 24.2. The number of aromatic amines is 4. The highest BCUT2D eigenvalue weighted by molar-refractivity contribution is 7.92. The second-order valence-corrected chi connectivity index (χ2v) is 39.2. The maximum absolute atomic E-state index is 13.4. The van der Waals surface area contributed by atoms with Crippen LogP contribution in [0.1, 0.15) is 165 Å². The van der Waals surface area contributed by atoms with Crippen LogP contribution in [0, 0.1) is 0 Å². The van der Waals surface area contributed by atoms with Crippen LogP contribution in [-0.4, -0.2) is 214 Å². The van der Waals surface area contributed by atoms with Crippen LogP contribution in [0.5, 0.6) is 23.0 Å². The molecule has 0 saturated carbocycles. The number of anilines is 1. The zero-order chi connectivity index (χ0) is 98.1. The van der Waals surface area contributed by atoms with Crippen LogP contribution in [0.4, 0.5) is 24.9 Å². The summed E-state index contributed by atoms with van der Waals surface area (Å²) in [6.45, 7) is 23.2. The number of hydrogen-bond donors (Lipinski definition) is 6. The van der Waals surface area contributed by atoms with E-state index in [9.17, 15) is 32.7 Å². The van der Waals surface area contributed by atoms with Crippen molar-refractivity contribution in [2.24, 2.45) is 0 Å². The number of imidazole rings is 1. The number of rotatable bonds is 28. The van der Waals surface area contributed by atoms with Crippen LogP contribution in [0.3, 0.4) is 0 Å². The van der Waals surface area contributed by atoms with E-state index >= 15 is 0 Å². The molecule has 0 spiro atoms.